The quantitative estimate of drug-likeness (QED) is 0.709. The Bertz CT molecular complexity index is 852. The van der Waals surface area contributed by atoms with Crippen LogP contribution in [0.5, 0.6) is 5.75 Å². The number of fused-ring (bicyclic) bond motifs is 1. The zero-order valence-electron chi connectivity index (χ0n) is 15.3. The van der Waals surface area contributed by atoms with Crippen molar-refractivity contribution in [3.05, 3.63) is 65.0 Å². The molecule has 0 spiro atoms. The minimum atomic E-state index is 0.230. The summed E-state index contributed by atoms with van der Waals surface area (Å²) in [6, 6.07) is 17.5. The van der Waals surface area contributed by atoms with Crippen molar-refractivity contribution in [1.82, 2.24) is 10.2 Å². The largest absolute Gasteiger partial charge is 0.494 e. The topological polar surface area (TPSA) is 24.5 Å². The van der Waals surface area contributed by atoms with E-state index in [1.54, 1.807) is 0 Å². The predicted molar refractivity (Wildman–Crippen MR) is 110 cm³/mol. The lowest BCUT2D eigenvalue weighted by molar-refractivity contribution is 0.234. The molecule has 3 nitrogen and oxygen atoms in total. The molecule has 1 N–H and O–H groups in total. The molecule has 0 radical (unpaired) electrons. The average molecular weight is 367 g/mol. The van der Waals surface area contributed by atoms with Crippen LogP contribution >= 0.6 is 11.3 Å². The van der Waals surface area contributed by atoms with Crippen LogP contribution in [0.25, 0.3) is 10.1 Å². The van der Waals surface area contributed by atoms with E-state index >= 15 is 0 Å². The molecule has 1 atom stereocenters. The summed E-state index contributed by atoms with van der Waals surface area (Å²) >= 11 is 1.84. The number of para-hydroxylation sites is 1. The molecular formula is C22H26N2OS. The van der Waals surface area contributed by atoms with Crippen LogP contribution in [-0.4, -0.2) is 37.7 Å². The summed E-state index contributed by atoms with van der Waals surface area (Å²) in [7, 11) is 0. The van der Waals surface area contributed by atoms with Gasteiger partial charge in [0, 0.05) is 29.9 Å². The monoisotopic (exact) mass is 366 g/mol. The molecule has 1 fully saturated rings. The Morgan fingerprint density at radius 2 is 1.88 bits per heavy atom. The Balaban J connectivity index is 1.84. The number of hydrogen-bond donors (Lipinski definition) is 1. The Hall–Kier alpha value is -1.88. The van der Waals surface area contributed by atoms with E-state index in [0.717, 1.165) is 31.9 Å². The van der Waals surface area contributed by atoms with Gasteiger partial charge in [0.1, 0.15) is 5.75 Å². The second-order valence-electron chi connectivity index (χ2n) is 6.70. The number of nitrogens with zero attached hydrogens (tertiary/aromatic N) is 1. The van der Waals surface area contributed by atoms with Crippen molar-refractivity contribution in [2.75, 3.05) is 32.8 Å². The van der Waals surface area contributed by atoms with Gasteiger partial charge in [0.25, 0.3) is 0 Å². The van der Waals surface area contributed by atoms with Gasteiger partial charge in [0.05, 0.1) is 12.6 Å². The van der Waals surface area contributed by atoms with Crippen LogP contribution in [0.3, 0.4) is 0 Å². The minimum Gasteiger partial charge on any atom is -0.494 e. The summed E-state index contributed by atoms with van der Waals surface area (Å²) in [6.07, 6.45) is 1.18. The van der Waals surface area contributed by atoms with Gasteiger partial charge in [-0.1, -0.05) is 36.4 Å². The summed E-state index contributed by atoms with van der Waals surface area (Å²) in [6.45, 7) is 7.03. The van der Waals surface area contributed by atoms with Crippen molar-refractivity contribution in [1.29, 1.82) is 0 Å². The highest BCUT2D eigenvalue weighted by Gasteiger charge is 2.27. The third-order valence-electron chi connectivity index (χ3n) is 5.06. The molecule has 26 heavy (non-hydrogen) atoms. The van der Waals surface area contributed by atoms with Gasteiger partial charge in [-0.05, 0) is 48.4 Å². The Morgan fingerprint density at radius 1 is 1.04 bits per heavy atom. The van der Waals surface area contributed by atoms with E-state index in [0.29, 0.717) is 6.61 Å². The summed E-state index contributed by atoms with van der Waals surface area (Å²) in [5.41, 5.74) is 2.68. The minimum absolute atomic E-state index is 0.230. The highest BCUT2D eigenvalue weighted by atomic mass is 32.1. The van der Waals surface area contributed by atoms with Crippen molar-refractivity contribution >= 4 is 21.4 Å². The van der Waals surface area contributed by atoms with Gasteiger partial charge in [0.15, 0.2) is 0 Å². The first-order valence-corrected chi connectivity index (χ1v) is 10.4. The number of benzene rings is 2. The smallest absolute Gasteiger partial charge is 0.124 e. The van der Waals surface area contributed by atoms with Crippen LogP contribution in [0, 0.1) is 0 Å². The van der Waals surface area contributed by atoms with Gasteiger partial charge >= 0.3 is 0 Å². The van der Waals surface area contributed by atoms with Gasteiger partial charge in [-0.3, -0.25) is 4.90 Å². The summed E-state index contributed by atoms with van der Waals surface area (Å²) in [5, 5.41) is 7.25. The molecule has 3 aromatic rings. The lowest BCUT2D eigenvalue weighted by Crippen LogP contribution is -2.33. The van der Waals surface area contributed by atoms with Crippen LogP contribution in [-0.2, 0) is 0 Å². The maximum atomic E-state index is 6.01. The van der Waals surface area contributed by atoms with Gasteiger partial charge in [0.2, 0.25) is 0 Å². The van der Waals surface area contributed by atoms with Crippen molar-refractivity contribution in [2.24, 2.45) is 0 Å². The summed E-state index contributed by atoms with van der Waals surface area (Å²) in [4.78, 5) is 2.62. The van der Waals surface area contributed by atoms with Crippen molar-refractivity contribution in [2.45, 2.75) is 19.4 Å². The predicted octanol–water partition coefficient (Wildman–Crippen LogP) is 4.68. The summed E-state index contributed by atoms with van der Waals surface area (Å²) < 4.78 is 7.37. The maximum absolute atomic E-state index is 6.01. The lowest BCUT2D eigenvalue weighted by atomic mass is 9.95. The van der Waals surface area contributed by atoms with Crippen LogP contribution in [0.1, 0.15) is 30.5 Å². The van der Waals surface area contributed by atoms with Crippen LogP contribution in [0.4, 0.5) is 0 Å². The molecule has 0 aliphatic carbocycles. The standard InChI is InChI=1S/C22H26N2OS/c1-2-25-20-10-5-3-9-18(20)22(24-14-7-12-23-13-15-24)19-16-26-21-11-6-4-8-17(19)21/h3-6,8-11,16,22-23H,2,7,12-15H2,1H3. The zero-order valence-corrected chi connectivity index (χ0v) is 16.1. The lowest BCUT2D eigenvalue weighted by Gasteiger charge is -2.32. The van der Waals surface area contributed by atoms with E-state index in [1.807, 2.05) is 11.3 Å². The average Bonchev–Trinajstić information content (AvgIpc) is 2.91. The van der Waals surface area contributed by atoms with E-state index in [1.165, 1.54) is 27.6 Å². The highest BCUT2D eigenvalue weighted by Crippen LogP contribution is 2.40. The Labute approximate surface area is 159 Å². The highest BCUT2D eigenvalue weighted by molar-refractivity contribution is 7.17. The van der Waals surface area contributed by atoms with E-state index < -0.39 is 0 Å². The molecule has 4 rings (SSSR count). The number of rotatable bonds is 5. The van der Waals surface area contributed by atoms with Crippen LogP contribution in [0.2, 0.25) is 0 Å². The van der Waals surface area contributed by atoms with Crippen molar-refractivity contribution in [3.8, 4) is 5.75 Å². The zero-order chi connectivity index (χ0) is 17.8. The second kappa shape index (κ2) is 8.21. The maximum Gasteiger partial charge on any atom is 0.124 e. The molecule has 1 aromatic heterocycles. The third-order valence-corrected chi connectivity index (χ3v) is 6.04. The fourth-order valence-corrected chi connectivity index (χ4v) is 4.87. The SMILES string of the molecule is CCOc1ccccc1C(c1csc2ccccc12)N1CCCNCC1. The number of thiophene rings is 1. The molecular weight excluding hydrogens is 340 g/mol. The first-order chi connectivity index (χ1) is 12.9. The molecule has 0 amide bonds. The first kappa shape index (κ1) is 17.5. The fraction of sp³-hybridized carbons (Fsp3) is 0.364. The van der Waals surface area contributed by atoms with E-state index in [4.69, 9.17) is 4.74 Å². The molecule has 0 saturated carbocycles. The fourth-order valence-electron chi connectivity index (χ4n) is 3.89. The molecule has 136 valence electrons. The van der Waals surface area contributed by atoms with Crippen LogP contribution in [0.15, 0.2) is 53.9 Å². The first-order valence-electron chi connectivity index (χ1n) is 9.51. The van der Waals surface area contributed by atoms with Gasteiger partial charge in [-0.2, -0.15) is 0 Å². The molecule has 4 heteroatoms. The number of hydrogen-bond acceptors (Lipinski definition) is 4. The molecule has 1 aliphatic heterocycles. The summed E-state index contributed by atoms with van der Waals surface area (Å²) in [5.74, 6) is 1.01. The van der Waals surface area contributed by atoms with E-state index in [9.17, 15) is 0 Å². The normalized spacial score (nSPS) is 17.1. The van der Waals surface area contributed by atoms with Gasteiger partial charge in [-0.25, -0.2) is 0 Å². The molecule has 0 bridgehead atoms. The Morgan fingerprint density at radius 3 is 2.81 bits per heavy atom. The molecule has 1 aliphatic rings. The number of ether oxygens (including phenoxy) is 1. The second-order valence-corrected chi connectivity index (χ2v) is 7.61. The Kier molecular flexibility index (Phi) is 5.54. The molecule has 2 heterocycles. The molecule has 2 aromatic carbocycles. The van der Waals surface area contributed by atoms with Crippen LogP contribution < -0.4 is 10.1 Å². The number of nitrogens with one attached hydrogen (secondary N) is 1. The van der Waals surface area contributed by atoms with Crippen molar-refractivity contribution in [3.63, 3.8) is 0 Å². The third kappa shape index (κ3) is 3.50. The van der Waals surface area contributed by atoms with Gasteiger partial charge < -0.3 is 10.1 Å². The van der Waals surface area contributed by atoms with E-state index in [2.05, 4.69) is 71.1 Å². The van der Waals surface area contributed by atoms with E-state index in [-0.39, 0.29) is 6.04 Å². The van der Waals surface area contributed by atoms with Crippen molar-refractivity contribution < 1.29 is 4.74 Å². The van der Waals surface area contributed by atoms with Gasteiger partial charge in [-0.15, -0.1) is 11.3 Å². The molecule has 1 saturated heterocycles. The molecule has 1 unspecified atom stereocenters.